The molecule has 0 bridgehead atoms. The van der Waals surface area contributed by atoms with Crippen LogP contribution in [-0.4, -0.2) is 49.2 Å². The number of methoxy groups -OCH3 is 1. The number of ketones is 1. The molecule has 104 valence electrons. The van der Waals surface area contributed by atoms with E-state index in [1.807, 2.05) is 27.7 Å². The summed E-state index contributed by atoms with van der Waals surface area (Å²) in [4.78, 5) is 25.3. The van der Waals surface area contributed by atoms with Gasteiger partial charge in [0, 0.05) is 26.1 Å². The fourth-order valence-electron chi connectivity index (χ4n) is 2.11. The van der Waals surface area contributed by atoms with E-state index in [2.05, 4.69) is 0 Å². The van der Waals surface area contributed by atoms with Gasteiger partial charge in [0.05, 0.1) is 0 Å². The molecule has 0 spiro atoms. The summed E-state index contributed by atoms with van der Waals surface area (Å²) in [6, 6.07) is 0. The van der Waals surface area contributed by atoms with Crippen molar-refractivity contribution in [3.63, 3.8) is 0 Å². The fraction of sp³-hybridized carbons (Fsp3) is 0.846. The molecule has 1 fully saturated rings. The van der Waals surface area contributed by atoms with E-state index in [0.717, 1.165) is 0 Å². The van der Waals surface area contributed by atoms with Gasteiger partial charge >= 0.3 is 6.09 Å². The fourth-order valence-corrected chi connectivity index (χ4v) is 2.11. The SMILES string of the molecule is COCC(=O)C1CN(C(=O)OC(C)(C)C)CC1C. The number of carbonyl (C=O) groups is 2. The molecule has 1 aliphatic rings. The average Bonchev–Trinajstić information content (AvgIpc) is 2.58. The van der Waals surface area contributed by atoms with Crippen LogP contribution in [0.25, 0.3) is 0 Å². The number of rotatable bonds is 3. The standard InChI is InChI=1S/C13H23NO4/c1-9-6-14(12(16)18-13(2,3)4)7-10(9)11(15)8-17-5/h9-10H,6-8H2,1-5H3. The van der Waals surface area contributed by atoms with E-state index < -0.39 is 5.60 Å². The number of likely N-dealkylation sites (tertiary alicyclic amines) is 1. The monoisotopic (exact) mass is 257 g/mol. The van der Waals surface area contributed by atoms with E-state index in [0.29, 0.717) is 13.1 Å². The van der Waals surface area contributed by atoms with Gasteiger partial charge in [-0.25, -0.2) is 4.79 Å². The Kier molecular flexibility index (Phi) is 4.73. The highest BCUT2D eigenvalue weighted by atomic mass is 16.6. The molecule has 1 aliphatic heterocycles. The first-order chi connectivity index (χ1) is 8.24. The minimum Gasteiger partial charge on any atom is -0.444 e. The van der Waals surface area contributed by atoms with Crippen LogP contribution in [0.2, 0.25) is 0 Å². The molecule has 0 aromatic heterocycles. The lowest BCUT2D eigenvalue weighted by molar-refractivity contribution is -0.127. The molecular formula is C13H23NO4. The van der Waals surface area contributed by atoms with Crippen molar-refractivity contribution in [2.24, 2.45) is 11.8 Å². The van der Waals surface area contributed by atoms with Gasteiger partial charge in [0.2, 0.25) is 0 Å². The number of nitrogens with zero attached hydrogens (tertiary/aromatic N) is 1. The highest BCUT2D eigenvalue weighted by Gasteiger charge is 2.38. The van der Waals surface area contributed by atoms with Gasteiger partial charge in [0.25, 0.3) is 0 Å². The molecule has 0 aliphatic carbocycles. The molecule has 1 amide bonds. The van der Waals surface area contributed by atoms with Crippen LogP contribution in [0.1, 0.15) is 27.7 Å². The molecule has 2 unspecified atom stereocenters. The number of carbonyl (C=O) groups excluding carboxylic acids is 2. The zero-order valence-electron chi connectivity index (χ0n) is 11.9. The molecule has 0 N–H and O–H groups in total. The number of Topliss-reactive ketones (excluding diaryl/α,β-unsaturated/α-hetero) is 1. The molecule has 0 saturated carbocycles. The smallest absolute Gasteiger partial charge is 0.410 e. The summed E-state index contributed by atoms with van der Waals surface area (Å²) >= 11 is 0. The van der Waals surface area contributed by atoms with Gasteiger partial charge in [-0.1, -0.05) is 6.92 Å². The zero-order valence-corrected chi connectivity index (χ0v) is 11.9. The Balaban J connectivity index is 2.58. The summed E-state index contributed by atoms with van der Waals surface area (Å²) in [5.41, 5.74) is -0.505. The van der Waals surface area contributed by atoms with Crippen molar-refractivity contribution in [2.45, 2.75) is 33.3 Å². The maximum Gasteiger partial charge on any atom is 0.410 e. The van der Waals surface area contributed by atoms with Crippen molar-refractivity contribution in [1.29, 1.82) is 0 Å². The molecule has 2 atom stereocenters. The molecule has 1 rings (SSSR count). The van der Waals surface area contributed by atoms with Crippen molar-refractivity contribution in [1.82, 2.24) is 4.90 Å². The predicted octanol–water partition coefficient (Wildman–Crippen LogP) is 1.70. The Hall–Kier alpha value is -1.10. The van der Waals surface area contributed by atoms with Gasteiger partial charge in [-0.3, -0.25) is 4.79 Å². The number of ether oxygens (including phenoxy) is 2. The van der Waals surface area contributed by atoms with Gasteiger partial charge in [-0.05, 0) is 26.7 Å². The van der Waals surface area contributed by atoms with Gasteiger partial charge < -0.3 is 14.4 Å². The van der Waals surface area contributed by atoms with E-state index in [1.165, 1.54) is 7.11 Å². The molecular weight excluding hydrogens is 234 g/mol. The Morgan fingerprint density at radius 1 is 1.28 bits per heavy atom. The molecule has 5 heteroatoms. The van der Waals surface area contributed by atoms with E-state index in [1.54, 1.807) is 4.90 Å². The van der Waals surface area contributed by atoms with Gasteiger partial charge in [-0.15, -0.1) is 0 Å². The number of hydrogen-bond acceptors (Lipinski definition) is 4. The van der Waals surface area contributed by atoms with Gasteiger partial charge in [-0.2, -0.15) is 0 Å². The highest BCUT2D eigenvalue weighted by Crippen LogP contribution is 2.25. The normalized spacial score (nSPS) is 24.2. The third-order valence-electron chi connectivity index (χ3n) is 2.96. The van der Waals surface area contributed by atoms with Crippen molar-refractivity contribution < 1.29 is 19.1 Å². The van der Waals surface area contributed by atoms with E-state index in [4.69, 9.17) is 9.47 Å². The van der Waals surface area contributed by atoms with Gasteiger partial charge in [0.1, 0.15) is 12.2 Å². The van der Waals surface area contributed by atoms with Gasteiger partial charge in [0.15, 0.2) is 5.78 Å². The molecule has 18 heavy (non-hydrogen) atoms. The lowest BCUT2D eigenvalue weighted by Gasteiger charge is -2.24. The lowest BCUT2D eigenvalue weighted by atomic mass is 9.94. The van der Waals surface area contributed by atoms with Crippen LogP contribution in [-0.2, 0) is 14.3 Å². The van der Waals surface area contributed by atoms with E-state index in [-0.39, 0.29) is 30.3 Å². The second kappa shape index (κ2) is 5.69. The molecule has 0 radical (unpaired) electrons. The minimum atomic E-state index is -0.505. The highest BCUT2D eigenvalue weighted by molar-refractivity contribution is 5.84. The summed E-state index contributed by atoms with van der Waals surface area (Å²) in [6.07, 6.45) is -0.345. The Morgan fingerprint density at radius 3 is 2.39 bits per heavy atom. The van der Waals surface area contributed by atoms with Crippen LogP contribution in [0, 0.1) is 11.8 Å². The molecule has 1 saturated heterocycles. The second-order valence-corrected chi connectivity index (χ2v) is 5.87. The summed E-state index contributed by atoms with van der Waals surface area (Å²) in [6.45, 7) is 8.57. The second-order valence-electron chi connectivity index (χ2n) is 5.87. The summed E-state index contributed by atoms with van der Waals surface area (Å²) in [7, 11) is 1.50. The van der Waals surface area contributed by atoms with Crippen molar-refractivity contribution in [2.75, 3.05) is 26.8 Å². The maximum atomic E-state index is 11.9. The Labute approximate surface area is 108 Å². The minimum absolute atomic E-state index is 0.0519. The lowest BCUT2D eigenvalue weighted by Crippen LogP contribution is -2.36. The van der Waals surface area contributed by atoms with Crippen LogP contribution in [0.4, 0.5) is 4.79 Å². The number of amides is 1. The molecule has 1 heterocycles. The van der Waals surface area contributed by atoms with E-state index >= 15 is 0 Å². The summed E-state index contributed by atoms with van der Waals surface area (Å²) < 4.78 is 10.2. The first-order valence-electron chi connectivity index (χ1n) is 6.24. The quantitative estimate of drug-likeness (QED) is 0.772. The molecule has 0 aromatic carbocycles. The zero-order chi connectivity index (χ0) is 13.9. The van der Waals surface area contributed by atoms with E-state index in [9.17, 15) is 9.59 Å². The Bertz CT molecular complexity index is 321. The number of hydrogen-bond donors (Lipinski definition) is 0. The third-order valence-corrected chi connectivity index (χ3v) is 2.96. The summed E-state index contributed by atoms with van der Waals surface area (Å²) in [5, 5.41) is 0. The van der Waals surface area contributed by atoms with Crippen LogP contribution in [0.3, 0.4) is 0 Å². The topological polar surface area (TPSA) is 55.8 Å². The van der Waals surface area contributed by atoms with Crippen molar-refractivity contribution in [3.05, 3.63) is 0 Å². The first kappa shape index (κ1) is 15.0. The summed E-state index contributed by atoms with van der Waals surface area (Å²) in [5.74, 6) is 0.0636. The van der Waals surface area contributed by atoms with Crippen LogP contribution in [0.5, 0.6) is 0 Å². The van der Waals surface area contributed by atoms with Crippen LogP contribution in [0.15, 0.2) is 0 Å². The van der Waals surface area contributed by atoms with Crippen LogP contribution < -0.4 is 0 Å². The van der Waals surface area contributed by atoms with Crippen molar-refractivity contribution >= 4 is 11.9 Å². The first-order valence-corrected chi connectivity index (χ1v) is 6.24. The molecule has 0 aromatic rings. The van der Waals surface area contributed by atoms with Crippen molar-refractivity contribution in [3.8, 4) is 0 Å². The van der Waals surface area contributed by atoms with Crippen LogP contribution >= 0.6 is 0 Å². The predicted molar refractivity (Wildman–Crippen MR) is 67.3 cm³/mol. The molecule has 5 nitrogen and oxygen atoms in total. The third kappa shape index (κ3) is 3.98. The average molecular weight is 257 g/mol. The largest absolute Gasteiger partial charge is 0.444 e. The Morgan fingerprint density at radius 2 is 1.89 bits per heavy atom. The maximum absolute atomic E-state index is 11.9.